The third-order valence-electron chi connectivity index (χ3n) is 4.82. The van der Waals surface area contributed by atoms with Gasteiger partial charge in [-0.05, 0) is 64.9 Å². The zero-order valence-electron chi connectivity index (χ0n) is 13.8. The second kappa shape index (κ2) is 5.27. The number of rotatable bonds is 2. The summed E-state index contributed by atoms with van der Waals surface area (Å²) in [7, 11) is 0. The van der Waals surface area contributed by atoms with Crippen molar-refractivity contribution in [2.75, 3.05) is 6.61 Å². The van der Waals surface area contributed by atoms with E-state index < -0.39 is 0 Å². The van der Waals surface area contributed by atoms with Crippen molar-refractivity contribution in [3.63, 3.8) is 0 Å². The fraction of sp³-hybridized carbons (Fsp3) is 0.182. The van der Waals surface area contributed by atoms with E-state index in [-0.39, 0.29) is 0 Å². The van der Waals surface area contributed by atoms with Crippen molar-refractivity contribution in [3.8, 4) is 5.75 Å². The highest BCUT2D eigenvalue weighted by Gasteiger charge is 2.14. The predicted octanol–water partition coefficient (Wildman–Crippen LogP) is 6.16. The van der Waals surface area contributed by atoms with Crippen LogP contribution in [0.3, 0.4) is 0 Å². The van der Waals surface area contributed by atoms with Crippen molar-refractivity contribution in [1.29, 1.82) is 0 Å². The minimum Gasteiger partial charge on any atom is -0.493 e. The molecule has 0 atom stereocenters. The van der Waals surface area contributed by atoms with Gasteiger partial charge in [-0.25, -0.2) is 0 Å². The second-order valence-electron chi connectivity index (χ2n) is 6.07. The fourth-order valence-electron chi connectivity index (χ4n) is 3.73. The van der Waals surface area contributed by atoms with E-state index in [4.69, 9.17) is 4.74 Å². The van der Waals surface area contributed by atoms with Gasteiger partial charge in [-0.15, -0.1) is 0 Å². The molecule has 0 saturated heterocycles. The van der Waals surface area contributed by atoms with E-state index >= 15 is 0 Å². The molecular weight excluding hydrogens is 280 g/mol. The molecule has 0 amide bonds. The molecule has 4 rings (SSSR count). The minimum atomic E-state index is 0.682. The topological polar surface area (TPSA) is 9.23 Å². The van der Waals surface area contributed by atoms with Crippen LogP contribution in [0, 0.1) is 13.8 Å². The van der Waals surface area contributed by atoms with Gasteiger partial charge in [0.25, 0.3) is 0 Å². The summed E-state index contributed by atoms with van der Waals surface area (Å²) in [4.78, 5) is 0. The summed E-state index contributed by atoms with van der Waals surface area (Å²) in [5.41, 5.74) is 2.67. The standard InChI is InChI=1S/C22H20O/c1-4-23-21-13-20-14(2)16-9-5-6-10-17(16)15(3)22(20)19-12-8-7-11-18(19)21/h5-13H,4H2,1-3H3. The summed E-state index contributed by atoms with van der Waals surface area (Å²) < 4.78 is 5.93. The fourth-order valence-corrected chi connectivity index (χ4v) is 3.73. The highest BCUT2D eigenvalue weighted by molar-refractivity contribution is 6.18. The van der Waals surface area contributed by atoms with Gasteiger partial charge in [-0.3, -0.25) is 0 Å². The van der Waals surface area contributed by atoms with Crippen LogP contribution in [0.1, 0.15) is 18.1 Å². The molecule has 0 N–H and O–H groups in total. The Balaban J connectivity index is 2.30. The number of aryl methyl sites for hydroxylation is 2. The molecule has 0 aliphatic rings. The molecule has 0 saturated carbocycles. The zero-order valence-corrected chi connectivity index (χ0v) is 13.8. The van der Waals surface area contributed by atoms with Crippen molar-refractivity contribution in [2.24, 2.45) is 0 Å². The van der Waals surface area contributed by atoms with Gasteiger partial charge in [0.1, 0.15) is 5.75 Å². The van der Waals surface area contributed by atoms with Crippen LogP contribution in [-0.2, 0) is 0 Å². The molecule has 23 heavy (non-hydrogen) atoms. The van der Waals surface area contributed by atoms with Crippen molar-refractivity contribution >= 4 is 32.3 Å². The van der Waals surface area contributed by atoms with E-state index in [2.05, 4.69) is 68.4 Å². The average Bonchev–Trinajstić information content (AvgIpc) is 2.60. The second-order valence-corrected chi connectivity index (χ2v) is 6.07. The molecule has 0 heterocycles. The van der Waals surface area contributed by atoms with Crippen LogP contribution in [0.4, 0.5) is 0 Å². The largest absolute Gasteiger partial charge is 0.493 e. The van der Waals surface area contributed by atoms with Crippen LogP contribution in [-0.4, -0.2) is 6.61 Å². The van der Waals surface area contributed by atoms with Gasteiger partial charge < -0.3 is 4.74 Å². The maximum absolute atomic E-state index is 5.93. The van der Waals surface area contributed by atoms with Gasteiger partial charge in [-0.1, -0.05) is 48.5 Å². The Morgan fingerprint density at radius 2 is 1.26 bits per heavy atom. The molecule has 4 aromatic carbocycles. The van der Waals surface area contributed by atoms with Crippen molar-refractivity contribution < 1.29 is 4.74 Å². The lowest BCUT2D eigenvalue weighted by Crippen LogP contribution is -1.95. The van der Waals surface area contributed by atoms with Crippen LogP contribution in [0.5, 0.6) is 5.75 Å². The van der Waals surface area contributed by atoms with E-state index in [1.165, 1.54) is 43.4 Å². The van der Waals surface area contributed by atoms with Crippen LogP contribution in [0.2, 0.25) is 0 Å². The van der Waals surface area contributed by atoms with Gasteiger partial charge in [0, 0.05) is 5.39 Å². The van der Waals surface area contributed by atoms with E-state index in [0.717, 1.165) is 5.75 Å². The van der Waals surface area contributed by atoms with Crippen LogP contribution < -0.4 is 4.74 Å². The summed E-state index contributed by atoms with van der Waals surface area (Å²) in [6, 6.07) is 19.5. The third-order valence-corrected chi connectivity index (χ3v) is 4.82. The summed E-state index contributed by atoms with van der Waals surface area (Å²) in [5, 5.41) is 7.78. The maximum Gasteiger partial charge on any atom is 0.127 e. The third kappa shape index (κ3) is 2.00. The molecule has 0 radical (unpaired) electrons. The summed E-state index contributed by atoms with van der Waals surface area (Å²) in [6.45, 7) is 7.17. The Kier molecular flexibility index (Phi) is 3.23. The Hall–Kier alpha value is -2.54. The van der Waals surface area contributed by atoms with E-state index in [9.17, 15) is 0 Å². The van der Waals surface area contributed by atoms with Gasteiger partial charge in [0.2, 0.25) is 0 Å². The SMILES string of the molecule is CCOc1cc2c(C)c3ccccc3c(C)c2c2ccccc12. The molecule has 0 aliphatic carbocycles. The highest BCUT2D eigenvalue weighted by Crippen LogP contribution is 2.40. The Bertz CT molecular complexity index is 1040. The van der Waals surface area contributed by atoms with Crippen LogP contribution in [0.25, 0.3) is 32.3 Å². The number of hydrogen-bond acceptors (Lipinski definition) is 1. The molecule has 0 fully saturated rings. The first-order valence-corrected chi connectivity index (χ1v) is 8.18. The Labute approximate surface area is 136 Å². The summed E-state index contributed by atoms with van der Waals surface area (Å²) in [5.74, 6) is 0.980. The molecular formula is C22H20O. The molecule has 0 bridgehead atoms. The monoisotopic (exact) mass is 300 g/mol. The maximum atomic E-state index is 5.93. The van der Waals surface area contributed by atoms with Gasteiger partial charge in [-0.2, -0.15) is 0 Å². The number of hydrogen-bond donors (Lipinski definition) is 0. The number of ether oxygens (including phenoxy) is 1. The summed E-state index contributed by atoms with van der Waals surface area (Å²) >= 11 is 0. The van der Waals surface area contributed by atoms with Crippen molar-refractivity contribution in [2.45, 2.75) is 20.8 Å². The molecule has 114 valence electrons. The molecule has 4 aromatic rings. The lowest BCUT2D eigenvalue weighted by Gasteiger charge is -2.17. The Morgan fingerprint density at radius 1 is 0.696 bits per heavy atom. The van der Waals surface area contributed by atoms with Crippen molar-refractivity contribution in [3.05, 3.63) is 65.7 Å². The first-order valence-electron chi connectivity index (χ1n) is 8.18. The van der Waals surface area contributed by atoms with E-state index in [1.54, 1.807) is 0 Å². The number of fused-ring (bicyclic) bond motifs is 4. The Morgan fingerprint density at radius 3 is 1.91 bits per heavy atom. The first-order chi connectivity index (χ1) is 11.2. The van der Waals surface area contributed by atoms with Gasteiger partial charge >= 0.3 is 0 Å². The highest BCUT2D eigenvalue weighted by atomic mass is 16.5. The quantitative estimate of drug-likeness (QED) is 0.318. The van der Waals surface area contributed by atoms with E-state index in [0.29, 0.717) is 6.61 Å². The lowest BCUT2D eigenvalue weighted by atomic mass is 9.89. The predicted molar refractivity (Wildman–Crippen MR) is 99.6 cm³/mol. The molecule has 0 aliphatic heterocycles. The van der Waals surface area contributed by atoms with Crippen LogP contribution >= 0.6 is 0 Å². The minimum absolute atomic E-state index is 0.682. The smallest absolute Gasteiger partial charge is 0.127 e. The van der Waals surface area contributed by atoms with Crippen molar-refractivity contribution in [1.82, 2.24) is 0 Å². The van der Waals surface area contributed by atoms with Gasteiger partial charge in [0.15, 0.2) is 0 Å². The number of benzene rings is 4. The molecule has 1 heteroatoms. The zero-order chi connectivity index (χ0) is 16.0. The average molecular weight is 300 g/mol. The first kappa shape index (κ1) is 14.1. The van der Waals surface area contributed by atoms with E-state index in [1.807, 2.05) is 6.92 Å². The van der Waals surface area contributed by atoms with Gasteiger partial charge in [0.05, 0.1) is 6.61 Å². The van der Waals surface area contributed by atoms with Crippen LogP contribution in [0.15, 0.2) is 54.6 Å². The molecule has 0 unspecified atom stereocenters. The normalized spacial score (nSPS) is 11.4. The molecule has 1 nitrogen and oxygen atoms in total. The summed E-state index contributed by atoms with van der Waals surface area (Å²) in [6.07, 6.45) is 0. The lowest BCUT2D eigenvalue weighted by molar-refractivity contribution is 0.345. The molecule has 0 aromatic heterocycles. The molecule has 0 spiro atoms.